The minimum Gasteiger partial charge on any atom is -0.434 e. The van der Waals surface area contributed by atoms with Gasteiger partial charge in [-0.15, -0.1) is 0 Å². The number of unbranched alkanes of at least 4 members (excludes halogenated alkanes) is 4. The molecule has 0 aromatic carbocycles. The average molecular weight is 315 g/mol. The molecule has 0 N–H and O–H groups in total. The summed E-state index contributed by atoms with van der Waals surface area (Å²) >= 11 is 0. The Kier molecular flexibility index (Phi) is 14.7. The van der Waals surface area contributed by atoms with Crippen molar-refractivity contribution in [1.29, 1.82) is 0 Å². The van der Waals surface area contributed by atoms with E-state index >= 15 is 0 Å². The van der Waals surface area contributed by atoms with Crippen LogP contribution < -0.4 is 0 Å². The summed E-state index contributed by atoms with van der Waals surface area (Å²) in [4.78, 5) is 11.7. The molecule has 0 saturated heterocycles. The van der Waals surface area contributed by atoms with E-state index in [9.17, 15) is 4.79 Å². The van der Waals surface area contributed by atoms with Crippen LogP contribution in [0, 0.1) is 11.8 Å². The molecule has 0 saturated carbocycles. The van der Waals surface area contributed by atoms with Crippen LogP contribution in [0.15, 0.2) is 0 Å². The lowest BCUT2D eigenvalue weighted by Gasteiger charge is -2.17. The number of hydrogen-bond donors (Lipinski definition) is 0. The highest BCUT2D eigenvalue weighted by Gasteiger charge is 2.13. The predicted octanol–water partition coefficient (Wildman–Crippen LogP) is 6.35. The van der Waals surface area contributed by atoms with E-state index in [1.807, 2.05) is 0 Å². The van der Waals surface area contributed by atoms with E-state index < -0.39 is 6.16 Å². The van der Waals surface area contributed by atoms with Crippen molar-refractivity contribution >= 4 is 6.16 Å². The fraction of sp³-hybridized carbons (Fsp3) is 0.947. The first kappa shape index (κ1) is 21.3. The zero-order chi connectivity index (χ0) is 16.6. The van der Waals surface area contributed by atoms with Gasteiger partial charge in [-0.05, 0) is 24.7 Å². The van der Waals surface area contributed by atoms with Crippen molar-refractivity contribution in [2.24, 2.45) is 11.8 Å². The number of carbonyl (C=O) groups is 1. The normalized spacial score (nSPS) is 13.6. The van der Waals surface area contributed by atoms with Crippen molar-refractivity contribution in [3.8, 4) is 0 Å². The lowest BCUT2D eigenvalue weighted by Crippen LogP contribution is -2.18. The first-order chi connectivity index (χ1) is 10.7. The lowest BCUT2D eigenvalue weighted by atomic mass is 10.00. The zero-order valence-corrected chi connectivity index (χ0v) is 15.4. The standard InChI is InChI=1S/C19H38O3/c1-5-9-11-13-17(7-3)15-21-19(20)22-16-18(8-4)14-12-10-6-2/h17-18H,5-16H2,1-4H3. The summed E-state index contributed by atoms with van der Waals surface area (Å²) in [6.07, 6.45) is 11.4. The molecule has 2 unspecified atom stereocenters. The molecular weight excluding hydrogens is 276 g/mol. The molecule has 0 aromatic rings. The molecule has 0 fully saturated rings. The Bertz CT molecular complexity index is 229. The van der Waals surface area contributed by atoms with Gasteiger partial charge < -0.3 is 9.47 Å². The second-order valence-corrected chi connectivity index (χ2v) is 6.41. The van der Waals surface area contributed by atoms with E-state index in [1.165, 1.54) is 38.5 Å². The SMILES string of the molecule is CCCCCC(CC)COC(=O)OCC(CC)CCCCC. The minimum atomic E-state index is -0.483. The van der Waals surface area contributed by atoms with Crippen LogP contribution in [0.4, 0.5) is 4.79 Å². The van der Waals surface area contributed by atoms with Gasteiger partial charge in [-0.25, -0.2) is 4.79 Å². The molecule has 22 heavy (non-hydrogen) atoms. The van der Waals surface area contributed by atoms with Gasteiger partial charge in [0.25, 0.3) is 0 Å². The number of ether oxygens (including phenoxy) is 2. The van der Waals surface area contributed by atoms with Crippen molar-refractivity contribution in [1.82, 2.24) is 0 Å². The summed E-state index contributed by atoms with van der Waals surface area (Å²) < 4.78 is 10.6. The summed E-state index contributed by atoms with van der Waals surface area (Å²) in [6.45, 7) is 9.74. The Labute approximate surface area is 138 Å². The van der Waals surface area contributed by atoms with Crippen molar-refractivity contribution in [2.75, 3.05) is 13.2 Å². The quantitative estimate of drug-likeness (QED) is 0.277. The molecule has 0 bridgehead atoms. The van der Waals surface area contributed by atoms with Gasteiger partial charge in [-0.3, -0.25) is 0 Å². The summed E-state index contributed by atoms with van der Waals surface area (Å²) in [5.74, 6) is 0.955. The van der Waals surface area contributed by atoms with E-state index in [2.05, 4.69) is 27.7 Å². The monoisotopic (exact) mass is 314 g/mol. The van der Waals surface area contributed by atoms with Crippen LogP contribution in [0.3, 0.4) is 0 Å². The van der Waals surface area contributed by atoms with Crippen LogP contribution in [-0.4, -0.2) is 19.4 Å². The number of hydrogen-bond acceptors (Lipinski definition) is 3. The van der Waals surface area contributed by atoms with Crippen molar-refractivity contribution < 1.29 is 14.3 Å². The first-order valence-electron chi connectivity index (χ1n) is 9.47. The summed E-state index contributed by atoms with van der Waals surface area (Å²) in [5, 5.41) is 0. The molecule has 0 aliphatic heterocycles. The predicted molar refractivity (Wildman–Crippen MR) is 93.1 cm³/mol. The Hall–Kier alpha value is -0.730. The second-order valence-electron chi connectivity index (χ2n) is 6.41. The highest BCUT2D eigenvalue weighted by Crippen LogP contribution is 2.16. The minimum absolute atomic E-state index is 0.477. The van der Waals surface area contributed by atoms with E-state index in [0.29, 0.717) is 25.0 Å². The van der Waals surface area contributed by atoms with Gasteiger partial charge in [0.1, 0.15) is 0 Å². The molecule has 0 rings (SSSR count). The second kappa shape index (κ2) is 15.2. The van der Waals surface area contributed by atoms with Crippen molar-refractivity contribution in [2.45, 2.75) is 91.9 Å². The van der Waals surface area contributed by atoms with Crippen LogP contribution in [0.1, 0.15) is 91.9 Å². The molecule has 0 aliphatic rings. The van der Waals surface area contributed by atoms with Crippen molar-refractivity contribution in [3.63, 3.8) is 0 Å². The molecule has 0 radical (unpaired) electrons. The van der Waals surface area contributed by atoms with E-state index in [4.69, 9.17) is 9.47 Å². The van der Waals surface area contributed by atoms with Gasteiger partial charge >= 0.3 is 6.16 Å². The smallest absolute Gasteiger partial charge is 0.434 e. The molecule has 3 nitrogen and oxygen atoms in total. The number of rotatable bonds is 14. The topological polar surface area (TPSA) is 35.5 Å². The van der Waals surface area contributed by atoms with Gasteiger partial charge in [0.2, 0.25) is 0 Å². The Morgan fingerprint density at radius 3 is 1.45 bits per heavy atom. The molecule has 132 valence electrons. The largest absolute Gasteiger partial charge is 0.508 e. The lowest BCUT2D eigenvalue weighted by molar-refractivity contribution is 0.0315. The van der Waals surface area contributed by atoms with E-state index in [1.54, 1.807) is 0 Å². The average Bonchev–Trinajstić information content (AvgIpc) is 2.54. The zero-order valence-electron chi connectivity index (χ0n) is 15.4. The molecule has 0 aliphatic carbocycles. The van der Waals surface area contributed by atoms with Gasteiger partial charge in [0, 0.05) is 0 Å². The maximum Gasteiger partial charge on any atom is 0.508 e. The Morgan fingerprint density at radius 1 is 0.727 bits per heavy atom. The molecule has 0 spiro atoms. The third-order valence-corrected chi connectivity index (χ3v) is 4.46. The van der Waals surface area contributed by atoms with Gasteiger partial charge in [0.05, 0.1) is 13.2 Å². The summed E-state index contributed by atoms with van der Waals surface area (Å²) in [6, 6.07) is 0. The summed E-state index contributed by atoms with van der Waals surface area (Å²) in [7, 11) is 0. The fourth-order valence-corrected chi connectivity index (χ4v) is 2.59. The number of carbonyl (C=O) groups excluding carboxylic acids is 1. The fourth-order valence-electron chi connectivity index (χ4n) is 2.59. The maximum atomic E-state index is 11.7. The third-order valence-electron chi connectivity index (χ3n) is 4.46. The van der Waals surface area contributed by atoms with Crippen molar-refractivity contribution in [3.05, 3.63) is 0 Å². The van der Waals surface area contributed by atoms with Crippen LogP contribution in [0.2, 0.25) is 0 Å². The van der Waals surface area contributed by atoms with Gasteiger partial charge in [0.15, 0.2) is 0 Å². The Balaban J connectivity index is 3.81. The highest BCUT2D eigenvalue weighted by atomic mass is 16.7. The molecule has 2 atom stereocenters. The van der Waals surface area contributed by atoms with Gasteiger partial charge in [-0.1, -0.05) is 79.1 Å². The summed E-state index contributed by atoms with van der Waals surface area (Å²) in [5.41, 5.74) is 0. The van der Waals surface area contributed by atoms with Crippen LogP contribution in [-0.2, 0) is 9.47 Å². The van der Waals surface area contributed by atoms with E-state index in [-0.39, 0.29) is 0 Å². The maximum absolute atomic E-state index is 11.7. The molecule has 0 amide bonds. The molecular formula is C19H38O3. The van der Waals surface area contributed by atoms with Gasteiger partial charge in [-0.2, -0.15) is 0 Å². The van der Waals surface area contributed by atoms with Crippen LogP contribution in [0.25, 0.3) is 0 Å². The first-order valence-corrected chi connectivity index (χ1v) is 9.47. The molecule has 0 heterocycles. The molecule has 3 heteroatoms. The molecule has 0 aromatic heterocycles. The van der Waals surface area contributed by atoms with Crippen LogP contribution >= 0.6 is 0 Å². The van der Waals surface area contributed by atoms with Crippen LogP contribution in [0.5, 0.6) is 0 Å². The third kappa shape index (κ3) is 11.9. The Morgan fingerprint density at radius 2 is 1.14 bits per heavy atom. The highest BCUT2D eigenvalue weighted by molar-refractivity contribution is 5.59. The van der Waals surface area contributed by atoms with E-state index in [0.717, 1.165) is 25.7 Å².